The molecule has 3 amide bonds. The standard InChI is InChI=1S/C29H36F2N4O5S/c1-28-9-6-21(37)29(2,14-36)20(28)13-19-24(16(28)12-22(38)35-10-7-15(8-11-35)25(32)39)33-27(41-19)34-26(40)23-17(30)4-3-5-18(23)31/h3-5,15-16,20-21,36-37H,6-14H2,1-2H3,(H2,32,39)(H,33,34,40). The normalized spacial score (nSPS) is 29.9. The molecule has 1 aliphatic heterocycles. The van der Waals surface area contributed by atoms with Gasteiger partial charge in [-0.3, -0.25) is 19.7 Å². The van der Waals surface area contributed by atoms with Crippen LogP contribution in [0.5, 0.6) is 0 Å². The fraction of sp³-hybridized carbons (Fsp3) is 0.586. The molecular formula is C29H36F2N4O5S. The molecule has 1 saturated carbocycles. The molecule has 5 rings (SSSR count). The minimum Gasteiger partial charge on any atom is -0.396 e. The van der Waals surface area contributed by atoms with Crippen LogP contribution >= 0.6 is 11.3 Å². The van der Waals surface area contributed by atoms with Crippen molar-refractivity contribution in [3.8, 4) is 0 Å². The van der Waals surface area contributed by atoms with Gasteiger partial charge in [0.05, 0.1) is 18.4 Å². The Morgan fingerprint density at radius 2 is 1.83 bits per heavy atom. The average molecular weight is 591 g/mol. The molecule has 0 bridgehead atoms. The second-order valence-electron chi connectivity index (χ2n) is 12.2. The number of nitrogens with two attached hydrogens (primary N) is 1. The monoisotopic (exact) mass is 590 g/mol. The number of anilines is 1. The Labute approximate surface area is 241 Å². The number of thiazole rings is 1. The molecule has 5 atom stereocenters. The highest BCUT2D eigenvalue weighted by molar-refractivity contribution is 7.15. The Bertz CT molecular complexity index is 1340. The predicted octanol–water partition coefficient (Wildman–Crippen LogP) is 3.20. The molecule has 1 aromatic heterocycles. The minimum atomic E-state index is -0.987. The van der Waals surface area contributed by atoms with E-state index in [-0.39, 0.29) is 47.7 Å². The first-order valence-corrected chi connectivity index (χ1v) is 14.8. The van der Waals surface area contributed by atoms with Crippen LogP contribution < -0.4 is 11.1 Å². The number of fused-ring (bicyclic) bond motifs is 2. The zero-order valence-electron chi connectivity index (χ0n) is 23.2. The molecule has 1 saturated heterocycles. The summed E-state index contributed by atoms with van der Waals surface area (Å²) in [6.45, 7) is 4.55. The van der Waals surface area contributed by atoms with E-state index in [1.165, 1.54) is 17.4 Å². The molecule has 2 aliphatic carbocycles. The van der Waals surface area contributed by atoms with Gasteiger partial charge in [-0.15, -0.1) is 11.3 Å². The van der Waals surface area contributed by atoms with E-state index in [2.05, 4.69) is 12.2 Å². The first kappa shape index (κ1) is 29.5. The maximum Gasteiger partial charge on any atom is 0.263 e. The molecule has 222 valence electrons. The number of halogens is 2. The van der Waals surface area contributed by atoms with Crippen LogP contribution in [0.25, 0.3) is 0 Å². The summed E-state index contributed by atoms with van der Waals surface area (Å²) < 4.78 is 28.5. The lowest BCUT2D eigenvalue weighted by Gasteiger charge is -2.58. The fourth-order valence-electron chi connectivity index (χ4n) is 7.29. The quantitative estimate of drug-likeness (QED) is 0.407. The lowest BCUT2D eigenvalue weighted by Crippen LogP contribution is -2.58. The number of aromatic nitrogens is 1. The number of likely N-dealkylation sites (tertiary alicyclic amines) is 1. The van der Waals surface area contributed by atoms with Crippen molar-refractivity contribution >= 4 is 34.2 Å². The van der Waals surface area contributed by atoms with E-state index in [9.17, 15) is 33.4 Å². The summed E-state index contributed by atoms with van der Waals surface area (Å²) in [5, 5.41) is 24.1. The number of hydrogen-bond donors (Lipinski definition) is 4. The number of carbonyl (C=O) groups excluding carboxylic acids is 3. The number of carbonyl (C=O) groups is 3. The van der Waals surface area contributed by atoms with E-state index < -0.39 is 40.0 Å². The van der Waals surface area contributed by atoms with Crippen LogP contribution in [0.1, 0.15) is 72.8 Å². The lowest BCUT2D eigenvalue weighted by atomic mass is 9.47. The Kier molecular flexibility index (Phi) is 7.95. The molecule has 5 N–H and O–H groups in total. The van der Waals surface area contributed by atoms with Gasteiger partial charge in [-0.25, -0.2) is 13.8 Å². The van der Waals surface area contributed by atoms with Gasteiger partial charge in [0.2, 0.25) is 11.8 Å². The molecule has 2 aromatic rings. The SMILES string of the molecule is CC1(CO)C(O)CCC2(C)C(CC(=O)N3CCC(C(N)=O)CC3)c3nc(NC(=O)c4c(F)cccc4F)sc3CC12. The Morgan fingerprint density at radius 1 is 1.17 bits per heavy atom. The molecule has 2 fully saturated rings. The first-order chi connectivity index (χ1) is 19.4. The van der Waals surface area contributed by atoms with Gasteiger partial charge in [0.25, 0.3) is 5.91 Å². The summed E-state index contributed by atoms with van der Waals surface area (Å²) in [6.07, 6.45) is 1.93. The van der Waals surface area contributed by atoms with Crippen LogP contribution in [-0.2, 0) is 16.0 Å². The highest BCUT2D eigenvalue weighted by atomic mass is 32.1. The van der Waals surface area contributed by atoms with E-state index >= 15 is 0 Å². The van der Waals surface area contributed by atoms with Gasteiger partial charge in [-0.2, -0.15) is 0 Å². The summed E-state index contributed by atoms with van der Waals surface area (Å²) in [5.41, 5.74) is 4.08. The minimum absolute atomic E-state index is 0.0883. The van der Waals surface area contributed by atoms with Crippen molar-refractivity contribution in [1.82, 2.24) is 9.88 Å². The number of piperidine rings is 1. The molecule has 3 aliphatic rings. The van der Waals surface area contributed by atoms with Crippen molar-refractivity contribution in [1.29, 1.82) is 0 Å². The van der Waals surface area contributed by atoms with Crippen molar-refractivity contribution < 1.29 is 33.4 Å². The van der Waals surface area contributed by atoms with E-state index in [1.807, 2.05) is 6.92 Å². The van der Waals surface area contributed by atoms with Gasteiger partial charge in [0.1, 0.15) is 17.2 Å². The third-order valence-electron chi connectivity index (χ3n) is 9.93. The summed E-state index contributed by atoms with van der Waals surface area (Å²) in [7, 11) is 0. The predicted molar refractivity (Wildman–Crippen MR) is 148 cm³/mol. The number of nitrogens with one attached hydrogen (secondary N) is 1. The van der Waals surface area contributed by atoms with Crippen LogP contribution in [0.3, 0.4) is 0 Å². The van der Waals surface area contributed by atoms with Gasteiger partial charge in [-0.1, -0.05) is 19.9 Å². The van der Waals surface area contributed by atoms with Crippen LogP contribution in [0.2, 0.25) is 0 Å². The largest absolute Gasteiger partial charge is 0.396 e. The number of amides is 3. The van der Waals surface area contributed by atoms with Crippen molar-refractivity contribution in [2.75, 3.05) is 25.0 Å². The number of hydrogen-bond acceptors (Lipinski definition) is 7. The first-order valence-electron chi connectivity index (χ1n) is 14.0. The highest BCUT2D eigenvalue weighted by Crippen LogP contribution is 2.63. The van der Waals surface area contributed by atoms with Crippen LogP contribution in [0.15, 0.2) is 18.2 Å². The van der Waals surface area contributed by atoms with Crippen molar-refractivity contribution in [2.24, 2.45) is 28.4 Å². The van der Waals surface area contributed by atoms with E-state index in [0.717, 1.165) is 17.0 Å². The van der Waals surface area contributed by atoms with Crippen molar-refractivity contribution in [3.05, 3.63) is 46.0 Å². The molecule has 9 nitrogen and oxygen atoms in total. The van der Waals surface area contributed by atoms with Gasteiger partial charge < -0.3 is 20.8 Å². The molecular weight excluding hydrogens is 554 g/mol. The molecule has 1 aromatic carbocycles. The van der Waals surface area contributed by atoms with Crippen LogP contribution in [-0.4, -0.2) is 63.6 Å². The summed E-state index contributed by atoms with van der Waals surface area (Å²) in [4.78, 5) is 45.3. The van der Waals surface area contributed by atoms with Gasteiger partial charge in [-0.05, 0) is 55.6 Å². The highest BCUT2D eigenvalue weighted by Gasteiger charge is 2.59. The lowest BCUT2D eigenvalue weighted by molar-refractivity contribution is -0.148. The number of primary amides is 1. The Hall–Kier alpha value is -2.96. The third-order valence-corrected chi connectivity index (χ3v) is 10.9. The van der Waals surface area contributed by atoms with Gasteiger partial charge in [0.15, 0.2) is 5.13 Å². The number of nitrogens with zero attached hydrogens (tertiary/aromatic N) is 2. The zero-order valence-corrected chi connectivity index (χ0v) is 24.0. The van der Waals surface area contributed by atoms with E-state index in [4.69, 9.17) is 10.7 Å². The van der Waals surface area contributed by atoms with Gasteiger partial charge >= 0.3 is 0 Å². The van der Waals surface area contributed by atoms with E-state index in [1.54, 1.807) is 4.90 Å². The van der Waals surface area contributed by atoms with Crippen molar-refractivity contribution in [2.45, 2.75) is 64.4 Å². The topological polar surface area (TPSA) is 146 Å². The van der Waals surface area contributed by atoms with E-state index in [0.29, 0.717) is 50.9 Å². The van der Waals surface area contributed by atoms with Crippen molar-refractivity contribution in [3.63, 3.8) is 0 Å². The molecule has 5 unspecified atom stereocenters. The summed E-state index contributed by atoms with van der Waals surface area (Å²) in [6, 6.07) is 3.19. The molecule has 2 heterocycles. The van der Waals surface area contributed by atoms with Crippen LogP contribution in [0.4, 0.5) is 13.9 Å². The molecule has 41 heavy (non-hydrogen) atoms. The van der Waals surface area contributed by atoms with Gasteiger partial charge in [0, 0.05) is 41.6 Å². The second kappa shape index (κ2) is 11.0. The smallest absolute Gasteiger partial charge is 0.263 e. The molecule has 0 spiro atoms. The third kappa shape index (κ3) is 5.14. The van der Waals surface area contributed by atoms with Crippen LogP contribution in [0, 0.1) is 34.3 Å². The second-order valence-corrected chi connectivity index (χ2v) is 13.3. The summed E-state index contributed by atoms with van der Waals surface area (Å²) >= 11 is 1.18. The maximum absolute atomic E-state index is 14.3. The number of aliphatic hydroxyl groups is 2. The molecule has 12 heteroatoms. The maximum atomic E-state index is 14.3. The number of aliphatic hydroxyl groups excluding tert-OH is 2. The average Bonchev–Trinajstić information content (AvgIpc) is 3.33. The number of rotatable bonds is 6. The summed E-state index contributed by atoms with van der Waals surface area (Å²) in [5.74, 6) is -4.22. The zero-order chi connectivity index (χ0) is 29.7. The Morgan fingerprint density at radius 3 is 2.44 bits per heavy atom. The fourth-order valence-corrected chi connectivity index (χ4v) is 8.35. The Balaban J connectivity index is 1.47. The number of benzene rings is 1. The molecule has 0 radical (unpaired) electrons.